The second kappa shape index (κ2) is 5.03. The minimum absolute atomic E-state index is 0.221. The van der Waals surface area contributed by atoms with E-state index in [4.69, 9.17) is 17.3 Å². The van der Waals surface area contributed by atoms with Crippen molar-refractivity contribution in [2.75, 3.05) is 5.73 Å². The molecule has 82 valence electrons. The number of hydrogen-bond donors (Lipinski definition) is 1. The molecule has 0 saturated heterocycles. The molecule has 0 bridgehead atoms. The van der Waals surface area contributed by atoms with Gasteiger partial charge in [-0.25, -0.2) is 9.97 Å². The third kappa shape index (κ3) is 2.66. The quantitative estimate of drug-likeness (QED) is 0.860. The standard InChI is InChI=1S/C10H7BrClN3S/c11-6-3-1-2-4-8(6)16-9-7(12)5-14-10(13)15-9/h1-5H,(H2,13,14,15). The maximum absolute atomic E-state index is 5.98. The van der Waals surface area contributed by atoms with Crippen molar-refractivity contribution in [2.45, 2.75) is 9.92 Å². The molecule has 0 spiro atoms. The fraction of sp³-hybridized carbons (Fsp3) is 0. The van der Waals surface area contributed by atoms with Crippen LogP contribution in [-0.2, 0) is 0 Å². The zero-order chi connectivity index (χ0) is 11.5. The van der Waals surface area contributed by atoms with Crippen molar-refractivity contribution in [1.82, 2.24) is 9.97 Å². The highest BCUT2D eigenvalue weighted by atomic mass is 79.9. The van der Waals surface area contributed by atoms with E-state index in [1.165, 1.54) is 18.0 Å². The van der Waals surface area contributed by atoms with Crippen molar-refractivity contribution in [3.63, 3.8) is 0 Å². The predicted octanol–water partition coefficient (Wildman–Crippen LogP) is 3.63. The highest BCUT2D eigenvalue weighted by Crippen LogP contribution is 2.35. The molecule has 1 aromatic carbocycles. The van der Waals surface area contributed by atoms with Gasteiger partial charge in [0.15, 0.2) is 0 Å². The van der Waals surface area contributed by atoms with Gasteiger partial charge in [0, 0.05) is 9.37 Å². The van der Waals surface area contributed by atoms with E-state index in [-0.39, 0.29) is 5.95 Å². The maximum atomic E-state index is 5.98. The molecule has 2 aromatic rings. The molecule has 0 saturated carbocycles. The summed E-state index contributed by atoms with van der Waals surface area (Å²) in [5.41, 5.74) is 5.51. The van der Waals surface area contributed by atoms with Crippen LogP contribution in [0.15, 0.2) is 44.9 Å². The Morgan fingerprint density at radius 2 is 2.06 bits per heavy atom. The number of nitrogens with zero attached hydrogens (tertiary/aromatic N) is 2. The lowest BCUT2D eigenvalue weighted by Gasteiger charge is -2.05. The molecule has 0 unspecified atom stereocenters. The summed E-state index contributed by atoms with van der Waals surface area (Å²) in [7, 11) is 0. The number of benzene rings is 1. The van der Waals surface area contributed by atoms with Crippen molar-refractivity contribution < 1.29 is 0 Å². The molecule has 6 heteroatoms. The highest BCUT2D eigenvalue weighted by Gasteiger charge is 2.08. The molecule has 0 atom stereocenters. The Morgan fingerprint density at radius 1 is 1.31 bits per heavy atom. The first-order chi connectivity index (χ1) is 7.66. The average molecular weight is 317 g/mol. The van der Waals surface area contributed by atoms with Gasteiger partial charge in [0.2, 0.25) is 5.95 Å². The van der Waals surface area contributed by atoms with E-state index in [1.54, 1.807) is 0 Å². The Bertz CT molecular complexity index is 521. The van der Waals surface area contributed by atoms with E-state index in [2.05, 4.69) is 25.9 Å². The summed E-state index contributed by atoms with van der Waals surface area (Å²) >= 11 is 10.9. The Labute approximate surface area is 111 Å². The first kappa shape index (κ1) is 11.7. The van der Waals surface area contributed by atoms with Gasteiger partial charge in [0.1, 0.15) is 5.03 Å². The largest absolute Gasteiger partial charge is 0.368 e. The van der Waals surface area contributed by atoms with Crippen LogP contribution >= 0.6 is 39.3 Å². The number of nitrogen functional groups attached to an aromatic ring is 1. The zero-order valence-electron chi connectivity index (χ0n) is 8.02. The molecule has 0 fully saturated rings. The summed E-state index contributed by atoms with van der Waals surface area (Å²) < 4.78 is 0.994. The van der Waals surface area contributed by atoms with Crippen LogP contribution in [0.1, 0.15) is 0 Å². The molecule has 0 amide bonds. The van der Waals surface area contributed by atoms with E-state index in [1.807, 2.05) is 24.3 Å². The Balaban J connectivity index is 2.34. The van der Waals surface area contributed by atoms with Crippen LogP contribution in [0.5, 0.6) is 0 Å². The van der Waals surface area contributed by atoms with Crippen LogP contribution in [0.2, 0.25) is 5.02 Å². The van der Waals surface area contributed by atoms with E-state index < -0.39 is 0 Å². The smallest absolute Gasteiger partial charge is 0.221 e. The second-order valence-corrected chi connectivity index (χ2v) is 5.21. The molecule has 0 radical (unpaired) electrons. The minimum atomic E-state index is 0.221. The van der Waals surface area contributed by atoms with Gasteiger partial charge in [0.25, 0.3) is 0 Å². The van der Waals surface area contributed by atoms with Crippen LogP contribution < -0.4 is 5.73 Å². The molecular formula is C10H7BrClN3S. The second-order valence-electron chi connectivity index (χ2n) is 2.91. The molecule has 2 rings (SSSR count). The van der Waals surface area contributed by atoms with E-state index in [0.29, 0.717) is 10.0 Å². The average Bonchev–Trinajstić information content (AvgIpc) is 2.27. The molecule has 0 aliphatic heterocycles. The molecule has 16 heavy (non-hydrogen) atoms. The Kier molecular flexibility index (Phi) is 3.68. The number of hydrogen-bond acceptors (Lipinski definition) is 4. The van der Waals surface area contributed by atoms with Gasteiger partial charge in [0.05, 0.1) is 11.2 Å². The summed E-state index contributed by atoms with van der Waals surface area (Å²) in [6, 6.07) is 7.83. The van der Waals surface area contributed by atoms with Gasteiger partial charge in [-0.3, -0.25) is 0 Å². The monoisotopic (exact) mass is 315 g/mol. The van der Waals surface area contributed by atoms with E-state index in [0.717, 1.165) is 9.37 Å². The van der Waals surface area contributed by atoms with Gasteiger partial charge in [-0.05, 0) is 28.1 Å². The van der Waals surface area contributed by atoms with Crippen molar-refractivity contribution in [1.29, 1.82) is 0 Å². The van der Waals surface area contributed by atoms with Crippen molar-refractivity contribution >= 4 is 45.2 Å². The van der Waals surface area contributed by atoms with Gasteiger partial charge < -0.3 is 5.73 Å². The van der Waals surface area contributed by atoms with E-state index in [9.17, 15) is 0 Å². The number of aromatic nitrogens is 2. The number of halogens is 2. The summed E-state index contributed by atoms with van der Waals surface area (Å²) in [5, 5.41) is 1.15. The third-order valence-corrected chi connectivity index (χ3v) is 4.20. The fourth-order valence-corrected chi connectivity index (χ4v) is 2.61. The van der Waals surface area contributed by atoms with Gasteiger partial charge in [-0.1, -0.05) is 35.5 Å². The number of rotatable bonds is 2. The minimum Gasteiger partial charge on any atom is -0.368 e. The number of nitrogens with two attached hydrogens (primary N) is 1. The van der Waals surface area contributed by atoms with Gasteiger partial charge >= 0.3 is 0 Å². The molecule has 2 N–H and O–H groups in total. The van der Waals surface area contributed by atoms with Crippen LogP contribution in [0.25, 0.3) is 0 Å². The third-order valence-electron chi connectivity index (χ3n) is 1.77. The first-order valence-corrected chi connectivity index (χ1v) is 6.36. The maximum Gasteiger partial charge on any atom is 0.221 e. The molecule has 1 heterocycles. The van der Waals surface area contributed by atoms with Crippen LogP contribution in [0, 0.1) is 0 Å². The summed E-state index contributed by atoms with van der Waals surface area (Å²) in [5.74, 6) is 0.221. The van der Waals surface area contributed by atoms with Crippen molar-refractivity contribution in [3.05, 3.63) is 40.0 Å². The van der Waals surface area contributed by atoms with Crippen LogP contribution in [0.4, 0.5) is 5.95 Å². The Hall–Kier alpha value is -0.780. The topological polar surface area (TPSA) is 51.8 Å². The van der Waals surface area contributed by atoms with Gasteiger partial charge in [-0.15, -0.1) is 0 Å². The van der Waals surface area contributed by atoms with E-state index >= 15 is 0 Å². The predicted molar refractivity (Wildman–Crippen MR) is 69.7 cm³/mol. The Morgan fingerprint density at radius 3 is 2.81 bits per heavy atom. The molecule has 1 aromatic heterocycles. The number of anilines is 1. The normalized spacial score (nSPS) is 10.4. The lowest BCUT2D eigenvalue weighted by Crippen LogP contribution is -1.95. The molecule has 0 aliphatic rings. The highest BCUT2D eigenvalue weighted by molar-refractivity contribution is 9.10. The van der Waals surface area contributed by atoms with Crippen LogP contribution in [-0.4, -0.2) is 9.97 Å². The molecule has 0 aliphatic carbocycles. The fourth-order valence-electron chi connectivity index (χ4n) is 1.07. The molecular weight excluding hydrogens is 310 g/mol. The lowest BCUT2D eigenvalue weighted by atomic mass is 10.4. The summed E-state index contributed by atoms with van der Waals surface area (Å²) in [4.78, 5) is 8.93. The first-order valence-electron chi connectivity index (χ1n) is 4.37. The lowest BCUT2D eigenvalue weighted by molar-refractivity contribution is 1.06. The summed E-state index contributed by atoms with van der Waals surface area (Å²) in [6.45, 7) is 0. The van der Waals surface area contributed by atoms with Crippen LogP contribution in [0.3, 0.4) is 0 Å². The SMILES string of the molecule is Nc1ncc(Cl)c(Sc2ccccc2Br)n1. The van der Waals surface area contributed by atoms with Crippen molar-refractivity contribution in [3.8, 4) is 0 Å². The zero-order valence-corrected chi connectivity index (χ0v) is 11.2. The summed E-state index contributed by atoms with van der Waals surface area (Å²) in [6.07, 6.45) is 1.50. The molecule has 3 nitrogen and oxygen atoms in total. The van der Waals surface area contributed by atoms with Crippen molar-refractivity contribution in [2.24, 2.45) is 0 Å². The van der Waals surface area contributed by atoms with Gasteiger partial charge in [-0.2, -0.15) is 0 Å².